The number of benzene rings is 1. The maximum absolute atomic E-state index is 12.7. The van der Waals surface area contributed by atoms with E-state index in [4.69, 9.17) is 13.9 Å². The lowest BCUT2D eigenvalue weighted by molar-refractivity contribution is -0.242. The van der Waals surface area contributed by atoms with Crippen molar-refractivity contribution >= 4 is 11.0 Å². The normalized spacial score (nSPS) is 25.4. The summed E-state index contributed by atoms with van der Waals surface area (Å²) in [4.78, 5) is 16.9. The van der Waals surface area contributed by atoms with Crippen LogP contribution >= 0.6 is 0 Å². The maximum atomic E-state index is 12.7. The maximum Gasteiger partial charge on any atom is 0.228 e. The van der Waals surface area contributed by atoms with Gasteiger partial charge in [0, 0.05) is 12.3 Å². The van der Waals surface area contributed by atoms with Crippen LogP contribution in [0.4, 0.5) is 0 Å². The summed E-state index contributed by atoms with van der Waals surface area (Å²) < 4.78 is 16.3. The monoisotopic (exact) mass is 371 g/mol. The van der Waals surface area contributed by atoms with Crippen molar-refractivity contribution in [3.63, 3.8) is 0 Å². The first-order valence-corrected chi connectivity index (χ1v) is 8.34. The van der Waals surface area contributed by atoms with Gasteiger partial charge in [0.1, 0.15) is 35.9 Å². The third-order valence-corrected chi connectivity index (χ3v) is 4.39. The van der Waals surface area contributed by atoms with Crippen molar-refractivity contribution in [3.05, 3.63) is 59.1 Å². The quantitative estimate of drug-likeness (QED) is 0.614. The molecule has 2 aromatic heterocycles. The van der Waals surface area contributed by atoms with Gasteiger partial charge in [-0.05, 0) is 24.3 Å². The van der Waals surface area contributed by atoms with Crippen LogP contribution in [0.5, 0.6) is 5.75 Å². The second-order valence-corrected chi connectivity index (χ2v) is 6.22. The first-order valence-electron chi connectivity index (χ1n) is 8.34. The molecule has 0 bridgehead atoms. The first-order chi connectivity index (χ1) is 13.0. The summed E-state index contributed by atoms with van der Waals surface area (Å²) >= 11 is 0. The van der Waals surface area contributed by atoms with E-state index >= 15 is 0 Å². The van der Waals surface area contributed by atoms with Gasteiger partial charge in [0.25, 0.3) is 0 Å². The van der Waals surface area contributed by atoms with Crippen molar-refractivity contribution in [1.29, 1.82) is 0 Å². The van der Waals surface area contributed by atoms with Gasteiger partial charge < -0.3 is 29.2 Å². The molecule has 1 aliphatic rings. The molecular formula is C19H17NO7. The number of aromatic nitrogens is 1. The molecule has 1 saturated heterocycles. The number of aliphatic hydroxyl groups excluding tert-OH is 3. The third kappa shape index (κ3) is 3.31. The predicted molar refractivity (Wildman–Crippen MR) is 94.1 cm³/mol. The summed E-state index contributed by atoms with van der Waals surface area (Å²) in [5.74, 6) is 0.281. The zero-order valence-corrected chi connectivity index (χ0v) is 14.1. The average Bonchev–Trinajstić information content (AvgIpc) is 2.69. The first kappa shape index (κ1) is 17.6. The predicted octanol–water partition coefficient (Wildman–Crippen LogP) is 0.673. The number of nitrogens with zero attached hydrogens (tertiary/aromatic N) is 1. The lowest BCUT2D eigenvalue weighted by Crippen LogP contribution is -2.54. The molecular weight excluding hydrogens is 354 g/mol. The molecule has 4 atom stereocenters. The Kier molecular flexibility index (Phi) is 4.63. The molecule has 0 spiro atoms. The largest absolute Gasteiger partial charge is 0.463 e. The number of pyridine rings is 1. The number of ether oxygens (including phenoxy) is 2. The van der Waals surface area contributed by atoms with Crippen LogP contribution in [0, 0.1) is 0 Å². The number of fused-ring (bicyclic) bond motifs is 1. The molecule has 4 rings (SSSR count). The van der Waals surface area contributed by atoms with Gasteiger partial charge in [-0.25, -0.2) is 0 Å². The minimum atomic E-state index is -1.41. The van der Waals surface area contributed by atoms with Crippen molar-refractivity contribution in [2.24, 2.45) is 0 Å². The highest BCUT2D eigenvalue weighted by molar-refractivity contribution is 5.81. The van der Waals surface area contributed by atoms with Crippen molar-refractivity contribution in [2.75, 3.05) is 6.61 Å². The molecule has 1 aromatic carbocycles. The van der Waals surface area contributed by atoms with E-state index < -0.39 is 24.6 Å². The molecule has 1 aliphatic heterocycles. The summed E-state index contributed by atoms with van der Waals surface area (Å²) in [6, 6.07) is 9.83. The summed E-state index contributed by atoms with van der Waals surface area (Å²) in [5.41, 5.74) is 0.928. The van der Waals surface area contributed by atoms with E-state index in [2.05, 4.69) is 4.98 Å². The fraction of sp³-hybridized carbons (Fsp3) is 0.263. The van der Waals surface area contributed by atoms with E-state index in [0.717, 1.165) is 0 Å². The van der Waals surface area contributed by atoms with Gasteiger partial charge in [0.15, 0.2) is 0 Å². The molecule has 0 saturated carbocycles. The zero-order valence-electron chi connectivity index (χ0n) is 14.1. The molecule has 1 fully saturated rings. The molecule has 3 N–H and O–H groups in total. The van der Waals surface area contributed by atoms with Crippen LogP contribution in [0.25, 0.3) is 22.2 Å². The Balaban J connectivity index is 1.63. The van der Waals surface area contributed by atoms with Gasteiger partial charge in [0.05, 0.1) is 23.3 Å². The molecule has 27 heavy (non-hydrogen) atoms. The Labute approximate surface area is 153 Å². The van der Waals surface area contributed by atoms with Crippen LogP contribution < -0.4 is 10.2 Å². The number of hydrogen-bond donors (Lipinski definition) is 3. The Morgan fingerprint density at radius 2 is 1.96 bits per heavy atom. The van der Waals surface area contributed by atoms with Crippen molar-refractivity contribution in [3.8, 4) is 17.0 Å². The molecule has 0 radical (unpaired) electrons. The Bertz CT molecular complexity index is 1000. The number of hydrogen-bond acceptors (Lipinski definition) is 8. The Morgan fingerprint density at radius 1 is 1.11 bits per heavy atom. The molecule has 8 nitrogen and oxygen atoms in total. The van der Waals surface area contributed by atoms with Gasteiger partial charge in [-0.2, -0.15) is 0 Å². The van der Waals surface area contributed by atoms with Gasteiger partial charge in [-0.15, -0.1) is 0 Å². The SMILES string of the molecule is O=c1c(-c2ccccn2)coc2cc(OC3OCC(O)C(O)C3O)ccc12. The van der Waals surface area contributed by atoms with Crippen LogP contribution in [0.3, 0.4) is 0 Å². The molecule has 4 unspecified atom stereocenters. The fourth-order valence-electron chi connectivity index (χ4n) is 2.90. The number of aliphatic hydroxyl groups is 3. The van der Waals surface area contributed by atoms with E-state index in [9.17, 15) is 20.1 Å². The fourth-order valence-corrected chi connectivity index (χ4v) is 2.90. The summed E-state index contributed by atoms with van der Waals surface area (Å²) in [6.45, 7) is -0.168. The lowest BCUT2D eigenvalue weighted by Gasteiger charge is -2.34. The third-order valence-electron chi connectivity index (χ3n) is 4.39. The highest BCUT2D eigenvalue weighted by atomic mass is 16.7. The summed E-state index contributed by atoms with van der Waals surface area (Å²) in [6.07, 6.45) is -2.19. The lowest BCUT2D eigenvalue weighted by atomic mass is 10.1. The van der Waals surface area contributed by atoms with E-state index in [-0.39, 0.29) is 17.8 Å². The van der Waals surface area contributed by atoms with Gasteiger partial charge in [-0.1, -0.05) is 6.07 Å². The van der Waals surface area contributed by atoms with Gasteiger partial charge in [0.2, 0.25) is 11.7 Å². The zero-order chi connectivity index (χ0) is 19.0. The second-order valence-electron chi connectivity index (χ2n) is 6.22. The van der Waals surface area contributed by atoms with Crippen LogP contribution in [0.2, 0.25) is 0 Å². The Morgan fingerprint density at radius 3 is 2.74 bits per heavy atom. The number of rotatable bonds is 3. The summed E-state index contributed by atoms with van der Waals surface area (Å²) in [7, 11) is 0. The molecule has 0 aliphatic carbocycles. The minimum absolute atomic E-state index is 0.168. The standard InChI is InChI=1S/C19H17NO7/c21-14-9-26-19(18(24)17(14)23)27-10-4-5-11-15(7-10)25-8-12(16(11)22)13-3-1-2-6-20-13/h1-8,14,17-19,21,23-24H,9H2. The van der Waals surface area contributed by atoms with Gasteiger partial charge >= 0.3 is 0 Å². The van der Waals surface area contributed by atoms with Crippen LogP contribution in [0.1, 0.15) is 0 Å². The van der Waals surface area contributed by atoms with Crippen LogP contribution in [0.15, 0.2) is 58.1 Å². The van der Waals surface area contributed by atoms with E-state index in [0.29, 0.717) is 22.2 Å². The van der Waals surface area contributed by atoms with Crippen molar-refractivity contribution < 1.29 is 29.2 Å². The van der Waals surface area contributed by atoms with Crippen LogP contribution in [-0.2, 0) is 4.74 Å². The summed E-state index contributed by atoms with van der Waals surface area (Å²) in [5, 5.41) is 29.5. The van der Waals surface area contributed by atoms with Gasteiger partial charge in [-0.3, -0.25) is 9.78 Å². The van der Waals surface area contributed by atoms with E-state index in [1.165, 1.54) is 18.4 Å². The van der Waals surface area contributed by atoms with Crippen molar-refractivity contribution in [2.45, 2.75) is 24.6 Å². The molecule has 140 valence electrons. The van der Waals surface area contributed by atoms with Crippen LogP contribution in [-0.4, -0.2) is 51.5 Å². The second kappa shape index (κ2) is 7.09. The highest BCUT2D eigenvalue weighted by Gasteiger charge is 2.39. The van der Waals surface area contributed by atoms with Crippen molar-refractivity contribution in [1.82, 2.24) is 4.98 Å². The van der Waals surface area contributed by atoms with E-state index in [1.807, 2.05) is 0 Å². The molecule has 3 heterocycles. The molecule has 8 heteroatoms. The highest BCUT2D eigenvalue weighted by Crippen LogP contribution is 2.25. The average molecular weight is 371 g/mol. The minimum Gasteiger partial charge on any atom is -0.463 e. The topological polar surface area (TPSA) is 122 Å². The smallest absolute Gasteiger partial charge is 0.228 e. The Hall–Kier alpha value is -2.78. The van der Waals surface area contributed by atoms with E-state index in [1.54, 1.807) is 30.5 Å². The molecule has 0 amide bonds. The molecule has 3 aromatic rings.